The van der Waals surface area contributed by atoms with Gasteiger partial charge < -0.3 is 4.42 Å². The summed E-state index contributed by atoms with van der Waals surface area (Å²) in [5.74, 6) is 0.528. The van der Waals surface area contributed by atoms with Crippen LogP contribution >= 0.6 is 0 Å². The van der Waals surface area contributed by atoms with Gasteiger partial charge in [0.05, 0.1) is 11.1 Å². The van der Waals surface area contributed by atoms with Crippen molar-refractivity contribution in [1.82, 2.24) is 0 Å². The standard InChI is InChI=1S/C16H14F6O/c1-2-3-4-13-5-6-14(23-13)10-7-11(15(17,18)19)9-12(8-10)16(20,21)22/h5-9H,2-4H2,1H3. The molecule has 0 unspecified atom stereocenters. The van der Waals surface area contributed by atoms with Crippen LogP contribution in [0.15, 0.2) is 34.7 Å². The maximum atomic E-state index is 12.8. The van der Waals surface area contributed by atoms with Crippen LogP contribution < -0.4 is 0 Å². The van der Waals surface area contributed by atoms with E-state index in [9.17, 15) is 26.3 Å². The predicted molar refractivity (Wildman–Crippen MR) is 72.8 cm³/mol. The first kappa shape index (κ1) is 17.4. The Hall–Kier alpha value is -1.92. The van der Waals surface area contributed by atoms with E-state index < -0.39 is 23.5 Å². The van der Waals surface area contributed by atoms with Crippen molar-refractivity contribution in [3.8, 4) is 11.3 Å². The summed E-state index contributed by atoms with van der Waals surface area (Å²) in [7, 11) is 0. The molecule has 0 spiro atoms. The summed E-state index contributed by atoms with van der Waals surface area (Å²) < 4.78 is 82.3. The lowest BCUT2D eigenvalue weighted by molar-refractivity contribution is -0.143. The molecule has 0 aliphatic carbocycles. The number of hydrogen-bond donors (Lipinski definition) is 0. The Labute approximate surface area is 128 Å². The van der Waals surface area contributed by atoms with E-state index >= 15 is 0 Å². The van der Waals surface area contributed by atoms with E-state index in [1.54, 1.807) is 6.07 Å². The molecule has 1 heterocycles. The third-order valence-corrected chi connectivity index (χ3v) is 3.31. The molecule has 0 amide bonds. The topological polar surface area (TPSA) is 13.1 Å². The second kappa shape index (κ2) is 6.29. The van der Waals surface area contributed by atoms with Crippen LogP contribution in [0.2, 0.25) is 0 Å². The van der Waals surface area contributed by atoms with Gasteiger partial charge in [-0.05, 0) is 36.8 Å². The van der Waals surface area contributed by atoms with E-state index in [1.165, 1.54) is 6.07 Å². The predicted octanol–water partition coefficient (Wildman–Crippen LogP) is 6.33. The normalized spacial score (nSPS) is 12.7. The molecule has 2 aromatic rings. The minimum absolute atomic E-state index is 0.00676. The Kier molecular flexibility index (Phi) is 4.77. The number of hydrogen-bond acceptors (Lipinski definition) is 1. The summed E-state index contributed by atoms with van der Waals surface area (Å²) in [5, 5.41) is 0. The summed E-state index contributed by atoms with van der Waals surface area (Å²) in [6.45, 7) is 1.96. The van der Waals surface area contributed by atoms with Gasteiger partial charge in [0.15, 0.2) is 0 Å². The lowest BCUT2D eigenvalue weighted by atomic mass is 10.0. The van der Waals surface area contributed by atoms with Crippen LogP contribution in [0.1, 0.15) is 36.7 Å². The number of benzene rings is 1. The minimum Gasteiger partial charge on any atom is -0.461 e. The zero-order valence-electron chi connectivity index (χ0n) is 12.2. The molecule has 7 heteroatoms. The number of rotatable bonds is 4. The van der Waals surface area contributed by atoms with E-state index in [4.69, 9.17) is 4.42 Å². The quantitative estimate of drug-likeness (QED) is 0.595. The van der Waals surface area contributed by atoms with Gasteiger partial charge in [-0.1, -0.05) is 13.3 Å². The van der Waals surface area contributed by atoms with Crippen LogP contribution in [0, 0.1) is 0 Å². The molecule has 0 N–H and O–H groups in total. The Balaban J connectivity index is 2.47. The monoisotopic (exact) mass is 336 g/mol. The zero-order chi connectivity index (χ0) is 17.3. The van der Waals surface area contributed by atoms with Crippen molar-refractivity contribution in [1.29, 1.82) is 0 Å². The van der Waals surface area contributed by atoms with E-state index in [0.29, 0.717) is 24.3 Å². The molecule has 0 bridgehead atoms. The van der Waals surface area contributed by atoms with Crippen molar-refractivity contribution in [2.75, 3.05) is 0 Å². The molecule has 0 fully saturated rings. The summed E-state index contributed by atoms with van der Waals surface area (Å²) in [4.78, 5) is 0. The lowest BCUT2D eigenvalue weighted by Gasteiger charge is -2.13. The van der Waals surface area contributed by atoms with Gasteiger partial charge in [0, 0.05) is 12.0 Å². The van der Waals surface area contributed by atoms with Crippen molar-refractivity contribution in [2.24, 2.45) is 0 Å². The number of furan rings is 1. The van der Waals surface area contributed by atoms with Crippen molar-refractivity contribution >= 4 is 0 Å². The average molecular weight is 336 g/mol. The van der Waals surface area contributed by atoms with Crippen molar-refractivity contribution in [2.45, 2.75) is 38.5 Å². The fourth-order valence-electron chi connectivity index (χ4n) is 2.12. The van der Waals surface area contributed by atoms with Crippen LogP contribution in [0.4, 0.5) is 26.3 Å². The van der Waals surface area contributed by atoms with Crippen molar-refractivity contribution in [3.63, 3.8) is 0 Å². The first-order valence-electron chi connectivity index (χ1n) is 7.00. The summed E-state index contributed by atoms with van der Waals surface area (Å²) in [6, 6.07) is 4.39. The highest BCUT2D eigenvalue weighted by Gasteiger charge is 2.37. The van der Waals surface area contributed by atoms with Gasteiger partial charge >= 0.3 is 12.4 Å². The minimum atomic E-state index is -4.87. The van der Waals surface area contributed by atoms with Crippen LogP contribution in [0.25, 0.3) is 11.3 Å². The molecule has 2 rings (SSSR count). The summed E-state index contributed by atoms with van der Waals surface area (Å²) in [5.41, 5.74) is -2.95. The average Bonchev–Trinajstić information content (AvgIpc) is 2.91. The van der Waals surface area contributed by atoms with E-state index in [1.807, 2.05) is 6.92 Å². The number of aryl methyl sites for hydroxylation is 1. The second-order valence-electron chi connectivity index (χ2n) is 5.16. The highest BCUT2D eigenvalue weighted by atomic mass is 19.4. The second-order valence-corrected chi connectivity index (χ2v) is 5.16. The van der Waals surface area contributed by atoms with E-state index in [2.05, 4.69) is 0 Å². The van der Waals surface area contributed by atoms with Crippen LogP contribution in [0.5, 0.6) is 0 Å². The molecule has 0 saturated heterocycles. The molecule has 0 radical (unpaired) electrons. The third-order valence-electron chi connectivity index (χ3n) is 3.31. The highest BCUT2D eigenvalue weighted by Crippen LogP contribution is 2.38. The van der Waals surface area contributed by atoms with E-state index in [0.717, 1.165) is 12.8 Å². The third kappa shape index (κ3) is 4.30. The Morgan fingerprint density at radius 3 is 1.91 bits per heavy atom. The van der Waals surface area contributed by atoms with E-state index in [-0.39, 0.29) is 17.4 Å². The maximum Gasteiger partial charge on any atom is 0.416 e. The van der Waals surface area contributed by atoms with Gasteiger partial charge in [-0.15, -0.1) is 0 Å². The molecular formula is C16H14F6O. The Morgan fingerprint density at radius 2 is 1.43 bits per heavy atom. The summed E-state index contributed by atoms with van der Waals surface area (Å²) >= 11 is 0. The van der Waals surface area contributed by atoms with Crippen molar-refractivity contribution in [3.05, 3.63) is 47.2 Å². The molecule has 1 aromatic carbocycles. The van der Waals surface area contributed by atoms with Gasteiger partial charge in [-0.3, -0.25) is 0 Å². The molecule has 23 heavy (non-hydrogen) atoms. The van der Waals surface area contributed by atoms with Gasteiger partial charge in [0.1, 0.15) is 11.5 Å². The fourth-order valence-corrected chi connectivity index (χ4v) is 2.12. The van der Waals surface area contributed by atoms with Crippen LogP contribution in [0.3, 0.4) is 0 Å². The van der Waals surface area contributed by atoms with Crippen molar-refractivity contribution < 1.29 is 30.8 Å². The van der Waals surface area contributed by atoms with Crippen LogP contribution in [-0.2, 0) is 18.8 Å². The SMILES string of the molecule is CCCCc1ccc(-c2cc(C(F)(F)F)cc(C(F)(F)F)c2)o1. The Morgan fingerprint density at radius 1 is 0.870 bits per heavy atom. The molecule has 0 aliphatic heterocycles. The molecule has 0 saturated carbocycles. The van der Waals surface area contributed by atoms with Gasteiger partial charge in [-0.25, -0.2) is 0 Å². The number of halogens is 6. The van der Waals surface area contributed by atoms with Gasteiger partial charge in [0.2, 0.25) is 0 Å². The van der Waals surface area contributed by atoms with Crippen LogP contribution in [-0.4, -0.2) is 0 Å². The lowest BCUT2D eigenvalue weighted by Crippen LogP contribution is -2.11. The number of alkyl halides is 6. The van der Waals surface area contributed by atoms with Gasteiger partial charge in [-0.2, -0.15) is 26.3 Å². The molecule has 1 aromatic heterocycles. The molecular weight excluding hydrogens is 322 g/mol. The first-order chi connectivity index (χ1) is 10.6. The smallest absolute Gasteiger partial charge is 0.416 e. The molecule has 0 atom stereocenters. The fraction of sp³-hybridized carbons (Fsp3) is 0.375. The highest BCUT2D eigenvalue weighted by molar-refractivity contribution is 5.61. The number of unbranched alkanes of at least 4 members (excludes halogenated alkanes) is 1. The van der Waals surface area contributed by atoms with Gasteiger partial charge in [0.25, 0.3) is 0 Å². The largest absolute Gasteiger partial charge is 0.461 e. The zero-order valence-corrected chi connectivity index (χ0v) is 12.2. The Bertz CT molecular complexity index is 634. The molecule has 0 aliphatic rings. The molecule has 126 valence electrons. The first-order valence-corrected chi connectivity index (χ1v) is 7.00. The molecule has 1 nitrogen and oxygen atoms in total. The maximum absolute atomic E-state index is 12.8. The summed E-state index contributed by atoms with van der Waals surface area (Å²) in [6.07, 6.45) is -7.43.